The Morgan fingerprint density at radius 1 is 1.19 bits per heavy atom. The molecule has 0 bridgehead atoms. The van der Waals surface area contributed by atoms with Crippen LogP contribution >= 0.6 is 11.6 Å². The summed E-state index contributed by atoms with van der Waals surface area (Å²) in [5, 5.41) is 10.1. The molecule has 1 N–H and O–H groups in total. The zero-order valence-corrected chi connectivity index (χ0v) is 16.6. The van der Waals surface area contributed by atoms with Gasteiger partial charge in [-0.2, -0.15) is 4.98 Å². The molecule has 1 atom stereocenters. The maximum atomic E-state index is 12.9. The highest BCUT2D eigenvalue weighted by atomic mass is 35.5. The number of imidazole rings is 1. The van der Waals surface area contributed by atoms with Crippen LogP contribution in [0.3, 0.4) is 0 Å². The Labute approximate surface area is 161 Å². The van der Waals surface area contributed by atoms with Crippen molar-refractivity contribution in [3.8, 4) is 0 Å². The van der Waals surface area contributed by atoms with Crippen molar-refractivity contribution in [1.29, 1.82) is 0 Å². The molecule has 27 heavy (non-hydrogen) atoms. The fraction of sp³-hybridized carbons (Fsp3) is 0.706. The number of anilines is 1. The molecule has 1 aliphatic rings. The average molecular weight is 400 g/mol. The SMILES string of the molecule is CC(C)Cn1c(=O)n(C)c(=O)c2c1nc(N1CCOCC1)n2CC(O)CCl. The summed E-state index contributed by atoms with van der Waals surface area (Å²) in [4.78, 5) is 32.3. The number of aliphatic hydroxyl groups excluding tert-OH is 1. The van der Waals surface area contributed by atoms with Crippen molar-refractivity contribution in [2.75, 3.05) is 37.1 Å². The van der Waals surface area contributed by atoms with E-state index in [1.807, 2.05) is 18.7 Å². The van der Waals surface area contributed by atoms with Crippen LogP contribution in [0.25, 0.3) is 11.2 Å². The van der Waals surface area contributed by atoms with Crippen LogP contribution in [0.2, 0.25) is 0 Å². The third-order valence-electron chi connectivity index (χ3n) is 4.62. The molecule has 0 amide bonds. The minimum absolute atomic E-state index is 0.0359. The van der Waals surface area contributed by atoms with Gasteiger partial charge in [0.05, 0.1) is 31.7 Å². The van der Waals surface area contributed by atoms with E-state index in [1.54, 1.807) is 4.57 Å². The first kappa shape index (κ1) is 19.9. The van der Waals surface area contributed by atoms with Crippen molar-refractivity contribution in [3.05, 3.63) is 20.8 Å². The van der Waals surface area contributed by atoms with E-state index in [0.717, 1.165) is 4.57 Å². The van der Waals surface area contributed by atoms with E-state index in [2.05, 4.69) is 4.98 Å². The number of morpholine rings is 1. The highest BCUT2D eigenvalue weighted by Crippen LogP contribution is 2.22. The lowest BCUT2D eigenvalue weighted by atomic mass is 10.2. The van der Waals surface area contributed by atoms with E-state index in [0.29, 0.717) is 50.0 Å². The zero-order chi connectivity index (χ0) is 19.7. The molecule has 9 nitrogen and oxygen atoms in total. The third-order valence-corrected chi connectivity index (χ3v) is 4.98. The molecule has 1 fully saturated rings. The van der Waals surface area contributed by atoms with Crippen molar-refractivity contribution in [2.24, 2.45) is 13.0 Å². The molecule has 10 heteroatoms. The van der Waals surface area contributed by atoms with E-state index in [4.69, 9.17) is 16.3 Å². The molecule has 3 heterocycles. The molecule has 1 unspecified atom stereocenters. The van der Waals surface area contributed by atoms with Crippen LogP contribution in [-0.4, -0.2) is 62.1 Å². The van der Waals surface area contributed by atoms with Gasteiger partial charge in [-0.05, 0) is 5.92 Å². The van der Waals surface area contributed by atoms with E-state index in [1.165, 1.54) is 11.6 Å². The average Bonchev–Trinajstić information content (AvgIpc) is 3.03. The van der Waals surface area contributed by atoms with E-state index in [-0.39, 0.29) is 18.3 Å². The molecule has 1 saturated heterocycles. The largest absolute Gasteiger partial charge is 0.390 e. The second kappa shape index (κ2) is 8.04. The highest BCUT2D eigenvalue weighted by Gasteiger charge is 2.26. The van der Waals surface area contributed by atoms with Gasteiger partial charge in [-0.15, -0.1) is 11.6 Å². The number of aliphatic hydroxyl groups is 1. The third kappa shape index (κ3) is 3.76. The number of aromatic nitrogens is 4. The number of alkyl halides is 1. The summed E-state index contributed by atoms with van der Waals surface area (Å²) in [7, 11) is 1.46. The quantitative estimate of drug-likeness (QED) is 0.686. The van der Waals surface area contributed by atoms with Crippen LogP contribution in [0.4, 0.5) is 5.95 Å². The van der Waals surface area contributed by atoms with E-state index < -0.39 is 17.4 Å². The Hall–Kier alpha value is -1.84. The number of nitrogens with zero attached hydrogens (tertiary/aromatic N) is 5. The predicted molar refractivity (Wildman–Crippen MR) is 104 cm³/mol. The molecule has 3 rings (SSSR count). The lowest BCUT2D eigenvalue weighted by Crippen LogP contribution is -2.40. The summed E-state index contributed by atoms with van der Waals surface area (Å²) in [5.74, 6) is 0.792. The Kier molecular flexibility index (Phi) is 5.92. The van der Waals surface area contributed by atoms with Gasteiger partial charge in [-0.1, -0.05) is 13.8 Å². The van der Waals surface area contributed by atoms with Gasteiger partial charge in [-0.25, -0.2) is 4.79 Å². The molecule has 0 saturated carbocycles. The van der Waals surface area contributed by atoms with Crippen molar-refractivity contribution >= 4 is 28.7 Å². The molecular weight excluding hydrogens is 374 g/mol. The maximum Gasteiger partial charge on any atom is 0.332 e. The Balaban J connectivity index is 2.30. The number of hydrogen-bond donors (Lipinski definition) is 1. The summed E-state index contributed by atoms with van der Waals surface area (Å²) < 4.78 is 9.73. The summed E-state index contributed by atoms with van der Waals surface area (Å²) >= 11 is 5.80. The minimum Gasteiger partial charge on any atom is -0.390 e. The van der Waals surface area contributed by atoms with Crippen LogP contribution in [0, 0.1) is 5.92 Å². The molecule has 1 aliphatic heterocycles. The molecule has 0 aromatic carbocycles. The van der Waals surface area contributed by atoms with Gasteiger partial charge in [0.15, 0.2) is 11.2 Å². The maximum absolute atomic E-state index is 12.9. The van der Waals surface area contributed by atoms with Gasteiger partial charge < -0.3 is 19.3 Å². The molecule has 0 aliphatic carbocycles. The van der Waals surface area contributed by atoms with Gasteiger partial charge in [-0.3, -0.25) is 13.9 Å². The zero-order valence-electron chi connectivity index (χ0n) is 15.9. The van der Waals surface area contributed by atoms with Gasteiger partial charge in [0.2, 0.25) is 5.95 Å². The summed E-state index contributed by atoms with van der Waals surface area (Å²) in [6.07, 6.45) is -0.834. The smallest absolute Gasteiger partial charge is 0.332 e. The van der Waals surface area contributed by atoms with Crippen LogP contribution in [-0.2, 0) is 24.9 Å². The van der Waals surface area contributed by atoms with E-state index >= 15 is 0 Å². The number of fused-ring (bicyclic) bond motifs is 1. The molecular formula is C17H26ClN5O4. The molecule has 0 spiro atoms. The van der Waals surface area contributed by atoms with Crippen molar-refractivity contribution < 1.29 is 9.84 Å². The number of hydrogen-bond acceptors (Lipinski definition) is 6. The predicted octanol–water partition coefficient (Wildman–Crippen LogP) is -0.0110. The molecule has 2 aromatic heterocycles. The highest BCUT2D eigenvalue weighted by molar-refractivity contribution is 6.18. The normalized spacial score (nSPS) is 16.4. The van der Waals surface area contributed by atoms with Crippen LogP contribution in [0.1, 0.15) is 13.8 Å². The minimum atomic E-state index is -0.834. The van der Waals surface area contributed by atoms with Crippen molar-refractivity contribution in [2.45, 2.75) is 33.0 Å². The topological polar surface area (TPSA) is 94.5 Å². The lowest BCUT2D eigenvalue weighted by molar-refractivity contribution is 0.121. The summed E-state index contributed by atoms with van der Waals surface area (Å²) in [6, 6.07) is 0. The van der Waals surface area contributed by atoms with E-state index in [9.17, 15) is 14.7 Å². The monoisotopic (exact) mass is 399 g/mol. The first-order valence-electron chi connectivity index (χ1n) is 9.12. The van der Waals surface area contributed by atoms with Gasteiger partial charge >= 0.3 is 5.69 Å². The second-order valence-electron chi connectivity index (χ2n) is 7.25. The van der Waals surface area contributed by atoms with Crippen LogP contribution < -0.4 is 16.1 Å². The first-order chi connectivity index (χ1) is 12.8. The van der Waals surface area contributed by atoms with Gasteiger partial charge in [0, 0.05) is 26.7 Å². The number of halogens is 1. The van der Waals surface area contributed by atoms with Crippen LogP contribution in [0.5, 0.6) is 0 Å². The first-order valence-corrected chi connectivity index (χ1v) is 9.65. The lowest BCUT2D eigenvalue weighted by Gasteiger charge is -2.28. The Morgan fingerprint density at radius 3 is 2.44 bits per heavy atom. The van der Waals surface area contributed by atoms with Crippen molar-refractivity contribution in [3.63, 3.8) is 0 Å². The Morgan fingerprint density at radius 2 is 1.85 bits per heavy atom. The second-order valence-corrected chi connectivity index (χ2v) is 7.56. The molecule has 150 valence electrons. The summed E-state index contributed by atoms with van der Waals surface area (Å²) in [6.45, 7) is 6.92. The summed E-state index contributed by atoms with van der Waals surface area (Å²) in [5.41, 5.74) is -0.162. The number of ether oxygens (including phenoxy) is 1. The molecule has 0 radical (unpaired) electrons. The fourth-order valence-electron chi connectivity index (χ4n) is 3.31. The van der Waals surface area contributed by atoms with Gasteiger partial charge in [0.1, 0.15) is 0 Å². The van der Waals surface area contributed by atoms with Gasteiger partial charge in [0.25, 0.3) is 5.56 Å². The Bertz CT molecular complexity index is 926. The number of rotatable bonds is 6. The van der Waals surface area contributed by atoms with Crippen molar-refractivity contribution in [1.82, 2.24) is 18.7 Å². The van der Waals surface area contributed by atoms with Crippen LogP contribution in [0.15, 0.2) is 9.59 Å². The fourth-order valence-corrected chi connectivity index (χ4v) is 3.41. The molecule has 2 aromatic rings. The standard InChI is InChI=1S/C17H26ClN5O4/c1-11(2)9-23-14-13(15(25)20(3)17(23)26)22(10-12(24)8-18)16(19-14)21-4-6-27-7-5-21/h11-12,24H,4-10H2,1-3H3.